The van der Waals surface area contributed by atoms with Crippen molar-refractivity contribution in [2.24, 2.45) is 5.92 Å². The largest absolute Gasteiger partial charge is 0.456 e. The molecule has 0 spiro atoms. The zero-order valence-corrected chi connectivity index (χ0v) is 12.5. The zero-order valence-electron chi connectivity index (χ0n) is 12.5. The van der Waals surface area contributed by atoms with Gasteiger partial charge in [0.2, 0.25) is 0 Å². The van der Waals surface area contributed by atoms with Gasteiger partial charge in [-0.05, 0) is 57.2 Å². The summed E-state index contributed by atoms with van der Waals surface area (Å²) in [6.45, 7) is 7.25. The van der Waals surface area contributed by atoms with E-state index in [9.17, 15) is 9.18 Å². The molecular formula is C16H22FNO2. The lowest BCUT2D eigenvalue weighted by atomic mass is 9.96. The SMILES string of the molecule is C[C@@H](CC(=N)C(=O)OC(C)(C)C)Cc1cccc(F)c1. The van der Waals surface area contributed by atoms with E-state index in [1.54, 1.807) is 26.8 Å². The topological polar surface area (TPSA) is 50.2 Å². The number of nitrogens with one attached hydrogen (secondary N) is 1. The van der Waals surface area contributed by atoms with Crippen LogP contribution >= 0.6 is 0 Å². The molecule has 3 nitrogen and oxygen atoms in total. The van der Waals surface area contributed by atoms with E-state index in [2.05, 4.69) is 0 Å². The summed E-state index contributed by atoms with van der Waals surface area (Å²) in [5.74, 6) is -0.766. The second-order valence-corrected chi connectivity index (χ2v) is 6.12. The maximum absolute atomic E-state index is 13.1. The van der Waals surface area contributed by atoms with Crippen molar-refractivity contribution in [2.45, 2.75) is 46.1 Å². The molecule has 0 aliphatic heterocycles. The number of halogens is 1. The average molecular weight is 279 g/mol. The maximum Gasteiger partial charge on any atom is 0.352 e. The number of carbonyl (C=O) groups excluding carboxylic acids is 1. The number of hydrogen-bond acceptors (Lipinski definition) is 3. The Morgan fingerprint density at radius 3 is 2.60 bits per heavy atom. The fourth-order valence-electron chi connectivity index (χ4n) is 1.91. The number of esters is 1. The standard InChI is InChI=1S/C16H22FNO2/c1-11(8-12-6-5-7-13(17)10-12)9-14(18)15(19)20-16(2,3)4/h5-7,10-11,18H,8-9H2,1-4H3/t11-/m1/s1. The molecule has 20 heavy (non-hydrogen) atoms. The molecular weight excluding hydrogens is 257 g/mol. The van der Waals surface area contributed by atoms with Gasteiger partial charge in [-0.2, -0.15) is 0 Å². The number of hydrogen-bond donors (Lipinski definition) is 1. The first-order valence-corrected chi connectivity index (χ1v) is 6.72. The molecule has 0 aliphatic rings. The summed E-state index contributed by atoms with van der Waals surface area (Å²) in [4.78, 5) is 11.7. The van der Waals surface area contributed by atoms with Gasteiger partial charge in [-0.25, -0.2) is 9.18 Å². The maximum atomic E-state index is 13.1. The molecule has 0 aliphatic carbocycles. The molecule has 0 fully saturated rings. The molecule has 1 aromatic rings. The Morgan fingerprint density at radius 2 is 2.05 bits per heavy atom. The molecule has 1 aromatic carbocycles. The normalized spacial score (nSPS) is 12.8. The molecule has 0 aromatic heterocycles. The first-order valence-electron chi connectivity index (χ1n) is 6.72. The fourth-order valence-corrected chi connectivity index (χ4v) is 1.91. The highest BCUT2D eigenvalue weighted by Gasteiger charge is 2.21. The van der Waals surface area contributed by atoms with Gasteiger partial charge in [0.1, 0.15) is 17.1 Å². The first-order chi connectivity index (χ1) is 9.17. The molecule has 0 unspecified atom stereocenters. The summed E-state index contributed by atoms with van der Waals surface area (Å²) in [6, 6.07) is 6.39. The van der Waals surface area contributed by atoms with E-state index in [1.807, 2.05) is 13.0 Å². The van der Waals surface area contributed by atoms with Gasteiger partial charge in [-0.3, -0.25) is 5.41 Å². The van der Waals surface area contributed by atoms with Crippen LogP contribution in [0, 0.1) is 17.1 Å². The van der Waals surface area contributed by atoms with E-state index < -0.39 is 11.6 Å². The van der Waals surface area contributed by atoms with Crippen LogP contribution < -0.4 is 0 Å². The Bertz CT molecular complexity index is 491. The molecule has 0 radical (unpaired) electrons. The van der Waals surface area contributed by atoms with Crippen LogP contribution in [0.1, 0.15) is 39.7 Å². The second-order valence-electron chi connectivity index (χ2n) is 6.12. The smallest absolute Gasteiger partial charge is 0.352 e. The van der Waals surface area contributed by atoms with Crippen LogP contribution in [0.5, 0.6) is 0 Å². The molecule has 0 bridgehead atoms. The third-order valence-corrected chi connectivity index (χ3v) is 2.67. The van der Waals surface area contributed by atoms with Crippen LogP contribution in [0.25, 0.3) is 0 Å². The van der Waals surface area contributed by atoms with E-state index in [1.165, 1.54) is 12.1 Å². The van der Waals surface area contributed by atoms with Crippen molar-refractivity contribution >= 4 is 11.7 Å². The van der Waals surface area contributed by atoms with E-state index in [0.717, 1.165) is 5.56 Å². The second kappa shape index (κ2) is 6.64. The van der Waals surface area contributed by atoms with Crippen molar-refractivity contribution < 1.29 is 13.9 Å². The Labute approximate surface area is 119 Å². The Kier molecular flexibility index (Phi) is 5.43. The average Bonchev–Trinajstić information content (AvgIpc) is 2.26. The Morgan fingerprint density at radius 1 is 1.40 bits per heavy atom. The van der Waals surface area contributed by atoms with Crippen LogP contribution in [0.15, 0.2) is 24.3 Å². The van der Waals surface area contributed by atoms with Gasteiger partial charge in [0.25, 0.3) is 0 Å². The number of rotatable bonds is 5. The van der Waals surface area contributed by atoms with Gasteiger partial charge in [-0.15, -0.1) is 0 Å². The van der Waals surface area contributed by atoms with Crippen LogP contribution in [0.2, 0.25) is 0 Å². The van der Waals surface area contributed by atoms with Gasteiger partial charge in [0.15, 0.2) is 0 Å². The summed E-state index contributed by atoms with van der Waals surface area (Å²) < 4.78 is 18.2. The molecule has 0 heterocycles. The van der Waals surface area contributed by atoms with Gasteiger partial charge in [-0.1, -0.05) is 19.1 Å². The summed E-state index contributed by atoms with van der Waals surface area (Å²) in [5, 5.41) is 7.76. The third-order valence-electron chi connectivity index (χ3n) is 2.67. The fraction of sp³-hybridized carbons (Fsp3) is 0.500. The highest BCUT2D eigenvalue weighted by Crippen LogP contribution is 2.15. The quantitative estimate of drug-likeness (QED) is 0.659. The van der Waals surface area contributed by atoms with E-state index in [-0.39, 0.29) is 17.4 Å². The predicted molar refractivity (Wildman–Crippen MR) is 77.5 cm³/mol. The highest BCUT2D eigenvalue weighted by atomic mass is 19.1. The highest BCUT2D eigenvalue weighted by molar-refractivity contribution is 6.35. The molecule has 110 valence electrons. The van der Waals surface area contributed by atoms with E-state index in [4.69, 9.17) is 10.1 Å². The number of carbonyl (C=O) groups is 1. The van der Waals surface area contributed by atoms with Crippen molar-refractivity contribution in [1.82, 2.24) is 0 Å². The molecule has 1 atom stereocenters. The zero-order chi connectivity index (χ0) is 15.3. The first kappa shape index (κ1) is 16.3. The minimum atomic E-state index is -0.588. The minimum Gasteiger partial charge on any atom is -0.456 e. The molecule has 1 N–H and O–H groups in total. The lowest BCUT2D eigenvalue weighted by molar-refractivity contribution is -0.146. The van der Waals surface area contributed by atoms with Crippen LogP contribution in [-0.4, -0.2) is 17.3 Å². The molecule has 0 saturated heterocycles. The Hall–Kier alpha value is -1.71. The minimum absolute atomic E-state index is 0.0381. The summed E-state index contributed by atoms with van der Waals surface area (Å²) in [7, 11) is 0. The van der Waals surface area contributed by atoms with Crippen LogP contribution in [0.4, 0.5) is 4.39 Å². The predicted octanol–water partition coefficient (Wildman–Crippen LogP) is 3.76. The molecule has 4 heteroatoms. The lowest BCUT2D eigenvalue weighted by Gasteiger charge is -2.20. The van der Waals surface area contributed by atoms with Crippen molar-refractivity contribution in [1.29, 1.82) is 5.41 Å². The van der Waals surface area contributed by atoms with E-state index >= 15 is 0 Å². The summed E-state index contributed by atoms with van der Waals surface area (Å²) in [5.41, 5.74) is 0.244. The van der Waals surface area contributed by atoms with E-state index in [0.29, 0.717) is 12.8 Å². The monoisotopic (exact) mass is 279 g/mol. The van der Waals surface area contributed by atoms with Gasteiger partial charge in [0.05, 0.1) is 0 Å². The van der Waals surface area contributed by atoms with Gasteiger partial charge < -0.3 is 4.74 Å². The van der Waals surface area contributed by atoms with Gasteiger partial charge >= 0.3 is 5.97 Å². The number of benzene rings is 1. The Balaban J connectivity index is 2.52. The molecule has 0 amide bonds. The van der Waals surface area contributed by atoms with Gasteiger partial charge in [0, 0.05) is 0 Å². The van der Waals surface area contributed by atoms with Crippen molar-refractivity contribution in [3.05, 3.63) is 35.6 Å². The summed E-state index contributed by atoms with van der Waals surface area (Å²) in [6.07, 6.45) is 0.953. The van der Waals surface area contributed by atoms with Crippen LogP contribution in [-0.2, 0) is 16.0 Å². The summed E-state index contributed by atoms with van der Waals surface area (Å²) >= 11 is 0. The van der Waals surface area contributed by atoms with Crippen molar-refractivity contribution in [3.63, 3.8) is 0 Å². The van der Waals surface area contributed by atoms with Crippen molar-refractivity contribution in [3.8, 4) is 0 Å². The lowest BCUT2D eigenvalue weighted by Crippen LogP contribution is -2.29. The molecule has 0 saturated carbocycles. The third kappa shape index (κ3) is 5.95. The number of ether oxygens (including phenoxy) is 1. The van der Waals surface area contributed by atoms with Crippen molar-refractivity contribution in [2.75, 3.05) is 0 Å². The molecule has 1 rings (SSSR count). The van der Waals surface area contributed by atoms with Crippen LogP contribution in [0.3, 0.4) is 0 Å².